The molecule has 156 valence electrons. The Hall–Kier alpha value is -3.05. The molecule has 0 radical (unpaired) electrons. The molecule has 0 spiro atoms. The van der Waals surface area contributed by atoms with Crippen LogP contribution in [-0.2, 0) is 6.54 Å². The zero-order chi connectivity index (χ0) is 22.0. The van der Waals surface area contributed by atoms with E-state index in [1.54, 1.807) is 11.8 Å². The van der Waals surface area contributed by atoms with Crippen molar-refractivity contribution in [3.8, 4) is 0 Å². The van der Waals surface area contributed by atoms with Gasteiger partial charge in [0.05, 0.1) is 31.7 Å². The first-order chi connectivity index (χ1) is 14.2. The summed E-state index contributed by atoms with van der Waals surface area (Å²) >= 11 is 3.00. The van der Waals surface area contributed by atoms with Crippen LogP contribution in [0.3, 0.4) is 0 Å². The number of nitro benzene ring substituents is 2. The molecule has 3 rings (SSSR count). The van der Waals surface area contributed by atoms with E-state index in [4.69, 9.17) is 0 Å². The molecule has 0 unspecified atom stereocenters. The summed E-state index contributed by atoms with van der Waals surface area (Å²) in [5.74, 6) is 0.0438. The highest BCUT2D eigenvalue weighted by atomic mass is 32.2. The van der Waals surface area contributed by atoms with Crippen molar-refractivity contribution in [1.29, 1.82) is 0 Å². The van der Waals surface area contributed by atoms with E-state index in [0.29, 0.717) is 11.3 Å². The molecular weight excluding hydrogens is 428 g/mol. The van der Waals surface area contributed by atoms with Gasteiger partial charge in [-0.2, -0.15) is 16.8 Å². The minimum atomic E-state index is -0.770. The first-order valence-corrected chi connectivity index (χ1v) is 11.0. The standard InChI is InChI=1S/C19H18N4O5S2/c1-11-6-16-17(7-12(11)2)30-19(21(16)4-5-29-3)20-18(24)13-8-14(22(25)26)10-15(9-13)23(27)28/h6-10H,4-5H2,1-3H3. The van der Waals surface area contributed by atoms with Gasteiger partial charge in [-0.05, 0) is 43.4 Å². The van der Waals surface area contributed by atoms with Crippen LogP contribution in [0, 0.1) is 34.1 Å². The van der Waals surface area contributed by atoms with Crippen molar-refractivity contribution in [2.75, 3.05) is 12.0 Å². The van der Waals surface area contributed by atoms with E-state index in [0.717, 1.165) is 45.3 Å². The Kier molecular flexibility index (Phi) is 6.32. The lowest BCUT2D eigenvalue weighted by atomic mass is 10.1. The van der Waals surface area contributed by atoms with Crippen LogP contribution in [-0.4, -0.2) is 32.3 Å². The molecule has 2 aromatic carbocycles. The van der Waals surface area contributed by atoms with Gasteiger partial charge in [-0.1, -0.05) is 11.3 Å². The molecule has 0 fully saturated rings. The second kappa shape index (κ2) is 8.76. The number of amides is 1. The van der Waals surface area contributed by atoms with Gasteiger partial charge in [-0.15, -0.1) is 0 Å². The summed E-state index contributed by atoms with van der Waals surface area (Å²) in [6.07, 6.45) is 1.98. The highest BCUT2D eigenvalue weighted by Gasteiger charge is 2.20. The maximum atomic E-state index is 12.8. The van der Waals surface area contributed by atoms with Gasteiger partial charge in [0.1, 0.15) is 0 Å². The van der Waals surface area contributed by atoms with E-state index in [2.05, 4.69) is 4.99 Å². The Bertz CT molecular complexity index is 1210. The van der Waals surface area contributed by atoms with Crippen LogP contribution in [0.25, 0.3) is 10.2 Å². The number of hydrogen-bond acceptors (Lipinski definition) is 7. The third-order valence-corrected chi connectivity index (χ3v) is 6.22. The summed E-state index contributed by atoms with van der Waals surface area (Å²) in [6, 6.07) is 6.91. The van der Waals surface area contributed by atoms with Crippen molar-refractivity contribution in [2.24, 2.45) is 4.99 Å². The van der Waals surface area contributed by atoms with Gasteiger partial charge in [0.15, 0.2) is 4.80 Å². The van der Waals surface area contributed by atoms with Crippen molar-refractivity contribution in [1.82, 2.24) is 4.57 Å². The van der Waals surface area contributed by atoms with Gasteiger partial charge in [-0.3, -0.25) is 25.0 Å². The van der Waals surface area contributed by atoms with Crippen molar-refractivity contribution in [3.05, 3.63) is 72.1 Å². The molecule has 0 aliphatic rings. The summed E-state index contributed by atoms with van der Waals surface area (Å²) in [7, 11) is 0. The first-order valence-electron chi connectivity index (χ1n) is 8.83. The molecule has 3 aromatic rings. The van der Waals surface area contributed by atoms with Gasteiger partial charge in [0.25, 0.3) is 17.3 Å². The fourth-order valence-electron chi connectivity index (χ4n) is 2.89. The lowest BCUT2D eigenvalue weighted by Gasteiger charge is -2.06. The van der Waals surface area contributed by atoms with Crippen LogP contribution >= 0.6 is 23.1 Å². The SMILES string of the molecule is CSCCn1c(=NC(=O)c2cc([N+](=O)[O-])cc([N+](=O)[O-])c2)sc2cc(C)c(C)cc21. The quantitative estimate of drug-likeness (QED) is 0.412. The number of non-ortho nitro benzene ring substituents is 2. The zero-order valence-electron chi connectivity index (χ0n) is 16.4. The normalized spacial score (nSPS) is 11.8. The number of hydrogen-bond donors (Lipinski definition) is 0. The molecule has 30 heavy (non-hydrogen) atoms. The predicted molar refractivity (Wildman–Crippen MR) is 117 cm³/mol. The largest absolute Gasteiger partial charge is 0.315 e. The predicted octanol–water partition coefficient (Wildman–Crippen LogP) is 4.24. The summed E-state index contributed by atoms with van der Waals surface area (Å²) in [5, 5.41) is 22.2. The maximum Gasteiger partial charge on any atom is 0.280 e. The van der Waals surface area contributed by atoms with Gasteiger partial charge in [0, 0.05) is 24.4 Å². The molecule has 1 aromatic heterocycles. The monoisotopic (exact) mass is 446 g/mol. The third kappa shape index (κ3) is 4.41. The summed E-state index contributed by atoms with van der Waals surface area (Å²) in [4.78, 5) is 38.0. The lowest BCUT2D eigenvalue weighted by molar-refractivity contribution is -0.394. The van der Waals surface area contributed by atoms with E-state index < -0.39 is 27.1 Å². The second-order valence-corrected chi connectivity index (χ2v) is 8.60. The minimum absolute atomic E-state index is 0.197. The van der Waals surface area contributed by atoms with E-state index in [9.17, 15) is 25.0 Å². The fraction of sp³-hybridized carbons (Fsp3) is 0.263. The third-order valence-electron chi connectivity index (χ3n) is 4.59. The number of nitrogens with zero attached hydrogens (tertiary/aromatic N) is 4. The summed E-state index contributed by atoms with van der Waals surface area (Å²) in [6.45, 7) is 4.64. The number of carbonyl (C=O) groups is 1. The van der Waals surface area contributed by atoms with Crippen molar-refractivity contribution < 1.29 is 14.6 Å². The van der Waals surface area contributed by atoms with Crippen molar-refractivity contribution in [2.45, 2.75) is 20.4 Å². The zero-order valence-corrected chi connectivity index (χ0v) is 18.1. The molecule has 1 amide bonds. The summed E-state index contributed by atoms with van der Waals surface area (Å²) < 4.78 is 2.91. The minimum Gasteiger partial charge on any atom is -0.315 e. The molecule has 0 atom stereocenters. The lowest BCUT2D eigenvalue weighted by Crippen LogP contribution is -2.18. The number of rotatable bonds is 6. The Morgan fingerprint density at radius 2 is 1.67 bits per heavy atom. The van der Waals surface area contributed by atoms with Gasteiger partial charge < -0.3 is 4.57 Å². The average molecular weight is 447 g/mol. The van der Waals surface area contributed by atoms with Crippen molar-refractivity contribution in [3.63, 3.8) is 0 Å². The number of thiazole rings is 1. The van der Waals surface area contributed by atoms with Crippen LogP contribution in [0.15, 0.2) is 35.3 Å². The van der Waals surface area contributed by atoms with E-state index in [-0.39, 0.29) is 5.56 Å². The number of fused-ring (bicyclic) bond motifs is 1. The van der Waals surface area contributed by atoms with E-state index in [1.807, 2.05) is 36.8 Å². The van der Waals surface area contributed by atoms with Gasteiger partial charge in [-0.25, -0.2) is 0 Å². The molecule has 0 aliphatic carbocycles. The Morgan fingerprint density at radius 3 is 2.23 bits per heavy atom. The average Bonchev–Trinajstić information content (AvgIpc) is 3.01. The summed E-state index contributed by atoms with van der Waals surface area (Å²) in [5.41, 5.74) is 1.94. The molecule has 0 N–H and O–H groups in total. The molecular formula is C19H18N4O5S2. The Balaban J connectivity index is 2.17. The smallest absolute Gasteiger partial charge is 0.280 e. The first kappa shape index (κ1) is 21.7. The van der Waals surface area contributed by atoms with Crippen LogP contribution in [0.2, 0.25) is 0 Å². The number of carbonyl (C=O) groups excluding carboxylic acids is 1. The molecule has 11 heteroatoms. The van der Waals surface area contributed by atoms with Crippen LogP contribution in [0.1, 0.15) is 21.5 Å². The number of benzene rings is 2. The highest BCUT2D eigenvalue weighted by molar-refractivity contribution is 7.98. The van der Waals surface area contributed by atoms with Crippen LogP contribution in [0.5, 0.6) is 0 Å². The number of aryl methyl sites for hydroxylation is 3. The molecule has 0 saturated heterocycles. The molecule has 9 nitrogen and oxygen atoms in total. The van der Waals surface area contributed by atoms with E-state index in [1.165, 1.54) is 11.3 Å². The number of aromatic nitrogens is 1. The number of nitro groups is 2. The topological polar surface area (TPSA) is 121 Å². The maximum absolute atomic E-state index is 12.8. The molecule has 0 aliphatic heterocycles. The van der Waals surface area contributed by atoms with Gasteiger partial charge >= 0.3 is 0 Å². The van der Waals surface area contributed by atoms with Crippen LogP contribution in [0.4, 0.5) is 11.4 Å². The van der Waals surface area contributed by atoms with Gasteiger partial charge in [0.2, 0.25) is 0 Å². The van der Waals surface area contributed by atoms with Crippen LogP contribution < -0.4 is 4.80 Å². The Morgan fingerprint density at radius 1 is 1.07 bits per heavy atom. The fourth-order valence-corrected chi connectivity index (χ4v) is 4.39. The molecule has 0 bridgehead atoms. The molecule has 1 heterocycles. The van der Waals surface area contributed by atoms with E-state index >= 15 is 0 Å². The Labute approximate surface area is 179 Å². The second-order valence-electron chi connectivity index (χ2n) is 6.60. The van der Waals surface area contributed by atoms with Crippen molar-refractivity contribution >= 4 is 50.6 Å². The highest BCUT2D eigenvalue weighted by Crippen LogP contribution is 2.24. The molecule has 0 saturated carbocycles. The number of thioether (sulfide) groups is 1.